The molecule has 1 saturated heterocycles. The highest BCUT2D eigenvalue weighted by Gasteiger charge is 2.43. The number of carbonyl (C=O) groups excluding carboxylic acids is 1. The molecule has 128 valence electrons. The van der Waals surface area contributed by atoms with Crippen LogP contribution in [0.15, 0.2) is 67.3 Å². The van der Waals surface area contributed by atoms with Crippen LogP contribution >= 0.6 is 12.2 Å². The van der Waals surface area contributed by atoms with E-state index in [9.17, 15) is 4.79 Å². The van der Waals surface area contributed by atoms with Gasteiger partial charge in [0.05, 0.1) is 12.3 Å². The zero-order valence-electron chi connectivity index (χ0n) is 14.1. The summed E-state index contributed by atoms with van der Waals surface area (Å²) in [6.07, 6.45) is 1.76. The van der Waals surface area contributed by atoms with E-state index in [2.05, 4.69) is 6.58 Å². The molecule has 0 unspecified atom stereocenters. The zero-order valence-corrected chi connectivity index (χ0v) is 14.9. The van der Waals surface area contributed by atoms with Gasteiger partial charge in [0.1, 0.15) is 11.8 Å². The lowest BCUT2D eigenvalue weighted by atomic mass is 10.1. The van der Waals surface area contributed by atoms with Gasteiger partial charge in [0.15, 0.2) is 5.11 Å². The van der Waals surface area contributed by atoms with E-state index in [0.29, 0.717) is 18.3 Å². The van der Waals surface area contributed by atoms with Gasteiger partial charge in [-0.15, -0.1) is 6.58 Å². The molecule has 2 aromatic carbocycles. The minimum Gasteiger partial charge on any atom is -0.494 e. The maximum atomic E-state index is 13.1. The van der Waals surface area contributed by atoms with Gasteiger partial charge in [-0.3, -0.25) is 9.69 Å². The maximum Gasteiger partial charge on any atom is 0.260 e. The molecule has 1 atom stereocenters. The SMILES string of the molecule is C=CCN1C(=S)N(c2ccc(OCC)cc2)C(=O)[C@H]1c1ccccc1. The Bertz CT molecular complexity index is 774. The van der Waals surface area contributed by atoms with E-state index in [0.717, 1.165) is 17.0 Å². The minimum atomic E-state index is -0.432. The van der Waals surface area contributed by atoms with E-state index in [-0.39, 0.29) is 5.91 Å². The average Bonchev–Trinajstić information content (AvgIpc) is 2.88. The summed E-state index contributed by atoms with van der Waals surface area (Å²) in [5.41, 5.74) is 1.66. The molecule has 1 fully saturated rings. The fraction of sp³-hybridized carbons (Fsp3) is 0.200. The van der Waals surface area contributed by atoms with Crippen molar-refractivity contribution in [1.29, 1.82) is 0 Å². The van der Waals surface area contributed by atoms with Crippen molar-refractivity contribution in [2.24, 2.45) is 0 Å². The Morgan fingerprint density at radius 3 is 2.44 bits per heavy atom. The molecule has 0 N–H and O–H groups in total. The first-order valence-electron chi connectivity index (χ1n) is 8.20. The number of rotatable bonds is 6. The average molecular weight is 352 g/mol. The summed E-state index contributed by atoms with van der Waals surface area (Å²) in [5, 5.41) is 0.489. The summed E-state index contributed by atoms with van der Waals surface area (Å²) >= 11 is 5.60. The van der Waals surface area contributed by atoms with E-state index < -0.39 is 6.04 Å². The molecule has 1 amide bonds. The third-order valence-electron chi connectivity index (χ3n) is 4.05. The topological polar surface area (TPSA) is 32.8 Å². The Morgan fingerprint density at radius 1 is 1.16 bits per heavy atom. The first kappa shape index (κ1) is 17.2. The summed E-state index contributed by atoms with van der Waals surface area (Å²) < 4.78 is 5.47. The molecule has 2 aromatic rings. The van der Waals surface area contributed by atoms with E-state index in [4.69, 9.17) is 17.0 Å². The lowest BCUT2D eigenvalue weighted by Gasteiger charge is -2.22. The van der Waals surface area contributed by atoms with Gasteiger partial charge in [0, 0.05) is 6.54 Å². The van der Waals surface area contributed by atoms with Gasteiger partial charge < -0.3 is 9.64 Å². The van der Waals surface area contributed by atoms with Crippen molar-refractivity contribution in [1.82, 2.24) is 4.90 Å². The van der Waals surface area contributed by atoms with Crippen LogP contribution in [0.2, 0.25) is 0 Å². The second-order valence-electron chi connectivity index (χ2n) is 5.64. The predicted molar refractivity (Wildman–Crippen MR) is 104 cm³/mol. The number of thiocarbonyl (C=S) groups is 1. The molecule has 3 rings (SSSR count). The van der Waals surface area contributed by atoms with Gasteiger partial charge >= 0.3 is 0 Å². The lowest BCUT2D eigenvalue weighted by molar-refractivity contribution is -0.119. The van der Waals surface area contributed by atoms with Gasteiger partial charge in [-0.2, -0.15) is 0 Å². The summed E-state index contributed by atoms with van der Waals surface area (Å²) in [6.45, 7) is 6.84. The van der Waals surface area contributed by atoms with Crippen molar-refractivity contribution in [3.8, 4) is 5.75 Å². The minimum absolute atomic E-state index is 0.0535. The van der Waals surface area contributed by atoms with Crippen LogP contribution in [0.5, 0.6) is 5.75 Å². The molecule has 1 heterocycles. The van der Waals surface area contributed by atoms with Gasteiger partial charge in [-0.1, -0.05) is 36.4 Å². The second-order valence-corrected chi connectivity index (χ2v) is 6.00. The first-order valence-corrected chi connectivity index (χ1v) is 8.61. The van der Waals surface area contributed by atoms with Gasteiger partial charge in [-0.25, -0.2) is 0 Å². The van der Waals surface area contributed by atoms with Crippen molar-refractivity contribution in [2.45, 2.75) is 13.0 Å². The van der Waals surface area contributed by atoms with Crippen LogP contribution in [-0.2, 0) is 4.79 Å². The number of carbonyl (C=O) groups is 1. The number of ether oxygens (including phenoxy) is 1. The largest absolute Gasteiger partial charge is 0.494 e. The van der Waals surface area contributed by atoms with E-state index in [1.54, 1.807) is 11.0 Å². The fourth-order valence-electron chi connectivity index (χ4n) is 2.96. The molecule has 0 bridgehead atoms. The number of hydrogen-bond donors (Lipinski definition) is 0. The summed E-state index contributed by atoms with van der Waals surface area (Å²) in [7, 11) is 0. The highest BCUT2D eigenvalue weighted by Crippen LogP contribution is 2.34. The van der Waals surface area contributed by atoms with Gasteiger partial charge in [0.2, 0.25) is 0 Å². The molecule has 1 aliphatic rings. The van der Waals surface area contributed by atoms with Crippen LogP contribution in [-0.4, -0.2) is 29.1 Å². The molecule has 0 saturated carbocycles. The van der Waals surface area contributed by atoms with Crippen LogP contribution in [0.4, 0.5) is 5.69 Å². The molecule has 25 heavy (non-hydrogen) atoms. The molecular formula is C20H20N2O2S. The Kier molecular flexibility index (Phi) is 5.14. The zero-order chi connectivity index (χ0) is 17.8. The molecule has 5 heteroatoms. The molecular weight excluding hydrogens is 332 g/mol. The van der Waals surface area contributed by atoms with Crippen LogP contribution in [0, 0.1) is 0 Å². The Hall–Kier alpha value is -2.66. The van der Waals surface area contributed by atoms with Gasteiger partial charge in [-0.05, 0) is 49.0 Å². The Balaban J connectivity index is 1.96. The monoisotopic (exact) mass is 352 g/mol. The maximum absolute atomic E-state index is 13.1. The third kappa shape index (κ3) is 3.28. The Morgan fingerprint density at radius 2 is 1.84 bits per heavy atom. The molecule has 1 aliphatic heterocycles. The van der Waals surface area contributed by atoms with E-state index in [1.807, 2.05) is 66.4 Å². The number of benzene rings is 2. The molecule has 0 spiro atoms. The number of amides is 1. The van der Waals surface area contributed by atoms with Crippen LogP contribution < -0.4 is 9.64 Å². The predicted octanol–water partition coefficient (Wildman–Crippen LogP) is 3.95. The van der Waals surface area contributed by atoms with Crippen LogP contribution in [0.3, 0.4) is 0 Å². The number of hydrogen-bond acceptors (Lipinski definition) is 3. The highest BCUT2D eigenvalue weighted by molar-refractivity contribution is 7.80. The normalized spacial score (nSPS) is 17.1. The smallest absolute Gasteiger partial charge is 0.260 e. The molecule has 0 aromatic heterocycles. The summed E-state index contributed by atoms with van der Waals surface area (Å²) in [4.78, 5) is 16.6. The number of anilines is 1. The van der Waals surface area contributed by atoms with E-state index >= 15 is 0 Å². The summed E-state index contributed by atoms with van der Waals surface area (Å²) in [5.74, 6) is 0.716. The molecule has 4 nitrogen and oxygen atoms in total. The molecule has 0 aliphatic carbocycles. The third-order valence-corrected chi connectivity index (χ3v) is 4.47. The lowest BCUT2D eigenvalue weighted by Crippen LogP contribution is -2.32. The Labute approximate surface area is 153 Å². The second kappa shape index (κ2) is 7.49. The van der Waals surface area contributed by atoms with Gasteiger partial charge in [0.25, 0.3) is 5.91 Å². The van der Waals surface area contributed by atoms with E-state index in [1.165, 1.54) is 0 Å². The van der Waals surface area contributed by atoms with Crippen molar-refractivity contribution in [3.05, 3.63) is 72.8 Å². The quantitative estimate of drug-likeness (QED) is 0.582. The first-order chi connectivity index (χ1) is 12.2. The molecule has 0 radical (unpaired) electrons. The van der Waals surface area contributed by atoms with Crippen molar-refractivity contribution >= 4 is 28.9 Å². The fourth-order valence-corrected chi connectivity index (χ4v) is 3.34. The van der Waals surface area contributed by atoms with Crippen LogP contribution in [0.1, 0.15) is 18.5 Å². The highest BCUT2D eigenvalue weighted by atomic mass is 32.1. The summed E-state index contributed by atoms with van der Waals surface area (Å²) in [6, 6.07) is 16.7. The van der Waals surface area contributed by atoms with Crippen molar-refractivity contribution in [3.63, 3.8) is 0 Å². The van der Waals surface area contributed by atoms with Crippen LogP contribution in [0.25, 0.3) is 0 Å². The van der Waals surface area contributed by atoms with Crippen molar-refractivity contribution < 1.29 is 9.53 Å². The van der Waals surface area contributed by atoms with Crippen molar-refractivity contribution in [2.75, 3.05) is 18.1 Å². The standard InChI is InChI=1S/C20H20N2O2S/c1-3-14-21-18(15-8-6-5-7-9-15)19(23)22(20(21)25)16-10-12-17(13-11-16)24-4-2/h3,5-13,18H,1,4,14H2,2H3/t18-/m1/s1. The number of nitrogens with zero attached hydrogens (tertiary/aromatic N) is 2.